The van der Waals surface area contributed by atoms with Gasteiger partial charge in [-0.25, -0.2) is 0 Å². The summed E-state index contributed by atoms with van der Waals surface area (Å²) in [5.74, 6) is -0.0443. The van der Waals surface area contributed by atoms with E-state index in [1.807, 2.05) is 12.1 Å². The first-order valence-electron chi connectivity index (χ1n) is 6.93. The third-order valence-corrected chi connectivity index (χ3v) is 4.34. The van der Waals surface area contributed by atoms with Gasteiger partial charge in [0.1, 0.15) is 6.54 Å². The minimum atomic E-state index is -0.339. The Bertz CT molecular complexity index is 502. The van der Waals surface area contributed by atoms with E-state index in [1.54, 1.807) is 24.0 Å². The first-order chi connectivity index (χ1) is 10.1. The summed E-state index contributed by atoms with van der Waals surface area (Å²) < 4.78 is 4.92. The maximum Gasteiger partial charge on any atom is 0.325 e. The summed E-state index contributed by atoms with van der Waals surface area (Å²) in [6.45, 7) is 2.15. The fourth-order valence-electron chi connectivity index (χ4n) is 1.91. The van der Waals surface area contributed by atoms with Crippen molar-refractivity contribution in [3.05, 3.63) is 29.3 Å². The van der Waals surface area contributed by atoms with E-state index in [0.717, 1.165) is 17.7 Å². The number of thioether (sulfide) groups is 1. The van der Waals surface area contributed by atoms with Crippen LogP contribution in [-0.2, 0) is 14.3 Å². The van der Waals surface area contributed by atoms with Gasteiger partial charge in [0.05, 0.1) is 12.4 Å². The van der Waals surface area contributed by atoms with Gasteiger partial charge in [0, 0.05) is 16.0 Å². The molecule has 1 aliphatic rings. The lowest BCUT2D eigenvalue weighted by Crippen LogP contribution is -2.39. The van der Waals surface area contributed by atoms with Crippen molar-refractivity contribution < 1.29 is 14.3 Å². The molecule has 0 unspecified atom stereocenters. The molecule has 6 heteroatoms. The number of nitrogens with zero attached hydrogens (tertiary/aromatic N) is 1. The summed E-state index contributed by atoms with van der Waals surface area (Å²) in [5.41, 5.74) is 0. The Morgan fingerprint density at radius 1 is 1.33 bits per heavy atom. The predicted octanol–water partition coefficient (Wildman–Crippen LogP) is 2.99. The van der Waals surface area contributed by atoms with Crippen LogP contribution in [0.4, 0.5) is 0 Å². The fraction of sp³-hybridized carbons (Fsp3) is 0.467. The molecule has 1 fully saturated rings. The zero-order chi connectivity index (χ0) is 15.2. The molecule has 2 rings (SSSR count). The van der Waals surface area contributed by atoms with E-state index in [4.69, 9.17) is 16.3 Å². The van der Waals surface area contributed by atoms with Gasteiger partial charge in [-0.1, -0.05) is 11.6 Å². The Labute approximate surface area is 133 Å². The fourth-order valence-corrected chi connectivity index (χ4v) is 2.82. The zero-order valence-electron chi connectivity index (χ0n) is 11.9. The highest BCUT2D eigenvalue weighted by atomic mass is 35.5. The second-order valence-corrected chi connectivity index (χ2v) is 6.29. The van der Waals surface area contributed by atoms with Crippen LogP contribution in [0.15, 0.2) is 29.2 Å². The van der Waals surface area contributed by atoms with Crippen LogP contribution in [0.2, 0.25) is 5.02 Å². The average molecular weight is 328 g/mol. The second kappa shape index (κ2) is 7.71. The van der Waals surface area contributed by atoms with Crippen LogP contribution in [-0.4, -0.2) is 41.7 Å². The van der Waals surface area contributed by atoms with Gasteiger partial charge < -0.3 is 9.64 Å². The minimum absolute atomic E-state index is 0.0227. The number of carbonyl (C=O) groups is 2. The lowest BCUT2D eigenvalue weighted by atomic mass is 10.4. The molecule has 0 heterocycles. The summed E-state index contributed by atoms with van der Waals surface area (Å²) in [7, 11) is 0. The molecule has 21 heavy (non-hydrogen) atoms. The van der Waals surface area contributed by atoms with Gasteiger partial charge in [-0.05, 0) is 44.0 Å². The Balaban J connectivity index is 1.86. The topological polar surface area (TPSA) is 46.6 Å². The number of esters is 1. The highest BCUT2D eigenvalue weighted by Gasteiger charge is 2.33. The van der Waals surface area contributed by atoms with E-state index in [9.17, 15) is 9.59 Å². The minimum Gasteiger partial charge on any atom is -0.465 e. The molecule has 1 amide bonds. The Morgan fingerprint density at radius 2 is 2.00 bits per heavy atom. The van der Waals surface area contributed by atoms with E-state index < -0.39 is 0 Å². The third-order valence-electron chi connectivity index (χ3n) is 3.09. The van der Waals surface area contributed by atoms with Gasteiger partial charge in [0.15, 0.2) is 0 Å². The maximum absolute atomic E-state index is 12.3. The number of hydrogen-bond donors (Lipinski definition) is 0. The van der Waals surface area contributed by atoms with Crippen LogP contribution in [0.5, 0.6) is 0 Å². The molecular formula is C15H18ClNO3S. The van der Waals surface area contributed by atoms with Gasteiger partial charge in [0.2, 0.25) is 5.91 Å². The van der Waals surface area contributed by atoms with Crippen LogP contribution in [0.25, 0.3) is 0 Å². The van der Waals surface area contributed by atoms with E-state index in [0.29, 0.717) is 17.4 Å². The molecule has 0 atom stereocenters. The van der Waals surface area contributed by atoms with Crippen molar-refractivity contribution in [2.45, 2.75) is 30.7 Å². The normalized spacial score (nSPS) is 13.8. The number of hydrogen-bond acceptors (Lipinski definition) is 4. The largest absolute Gasteiger partial charge is 0.465 e. The van der Waals surface area contributed by atoms with E-state index in [1.165, 1.54) is 11.8 Å². The molecule has 0 bridgehead atoms. The van der Waals surface area contributed by atoms with Gasteiger partial charge in [-0.2, -0.15) is 0 Å². The average Bonchev–Trinajstić information content (AvgIpc) is 3.29. The molecule has 1 saturated carbocycles. The number of rotatable bonds is 7. The second-order valence-electron chi connectivity index (χ2n) is 4.80. The van der Waals surface area contributed by atoms with Crippen molar-refractivity contribution >= 4 is 35.2 Å². The van der Waals surface area contributed by atoms with Gasteiger partial charge in [-0.3, -0.25) is 9.59 Å². The molecule has 0 aliphatic heterocycles. The molecule has 0 radical (unpaired) electrons. The number of benzene rings is 1. The van der Waals surface area contributed by atoms with Crippen LogP contribution < -0.4 is 0 Å². The number of halogens is 1. The quantitative estimate of drug-likeness (QED) is 0.570. The standard InChI is InChI=1S/C15H18ClNO3S/c1-2-20-15(19)9-17(12-5-6-12)14(18)10-21-13-7-3-11(16)4-8-13/h3-4,7-8,12H,2,5-6,9-10H2,1H3. The van der Waals surface area contributed by atoms with Crippen molar-refractivity contribution in [2.24, 2.45) is 0 Å². The molecule has 1 aromatic rings. The molecule has 1 aromatic carbocycles. The molecule has 0 saturated heterocycles. The van der Waals surface area contributed by atoms with E-state index in [-0.39, 0.29) is 24.5 Å². The van der Waals surface area contributed by atoms with Crippen molar-refractivity contribution in [1.29, 1.82) is 0 Å². The van der Waals surface area contributed by atoms with E-state index in [2.05, 4.69) is 0 Å². The molecule has 114 valence electrons. The first-order valence-corrected chi connectivity index (χ1v) is 8.30. The monoisotopic (exact) mass is 327 g/mol. The van der Waals surface area contributed by atoms with Crippen molar-refractivity contribution in [3.63, 3.8) is 0 Å². The zero-order valence-corrected chi connectivity index (χ0v) is 13.5. The predicted molar refractivity (Wildman–Crippen MR) is 83.5 cm³/mol. The highest BCUT2D eigenvalue weighted by Crippen LogP contribution is 2.28. The van der Waals surface area contributed by atoms with Crippen LogP contribution in [0.1, 0.15) is 19.8 Å². The van der Waals surface area contributed by atoms with Gasteiger partial charge >= 0.3 is 5.97 Å². The van der Waals surface area contributed by atoms with Crippen molar-refractivity contribution in [3.8, 4) is 0 Å². The third kappa shape index (κ3) is 5.25. The molecule has 0 aromatic heterocycles. The van der Waals surface area contributed by atoms with Crippen LogP contribution in [0.3, 0.4) is 0 Å². The molecule has 1 aliphatic carbocycles. The summed E-state index contributed by atoms with van der Waals surface area (Å²) in [4.78, 5) is 26.5. The Morgan fingerprint density at radius 3 is 2.57 bits per heavy atom. The lowest BCUT2D eigenvalue weighted by Gasteiger charge is -2.21. The smallest absolute Gasteiger partial charge is 0.325 e. The Kier molecular flexibility index (Phi) is 5.94. The van der Waals surface area contributed by atoms with Gasteiger partial charge in [0.25, 0.3) is 0 Å². The van der Waals surface area contributed by atoms with Crippen molar-refractivity contribution in [1.82, 2.24) is 4.90 Å². The molecular weight excluding hydrogens is 310 g/mol. The molecule has 0 spiro atoms. The molecule has 0 N–H and O–H groups in total. The first kappa shape index (κ1) is 16.2. The lowest BCUT2D eigenvalue weighted by molar-refractivity contribution is -0.148. The number of carbonyl (C=O) groups excluding carboxylic acids is 2. The van der Waals surface area contributed by atoms with E-state index >= 15 is 0 Å². The summed E-state index contributed by atoms with van der Waals surface area (Å²) in [6.07, 6.45) is 1.94. The van der Waals surface area contributed by atoms with Crippen molar-refractivity contribution in [2.75, 3.05) is 18.9 Å². The number of amides is 1. The van der Waals surface area contributed by atoms with Crippen LogP contribution >= 0.6 is 23.4 Å². The highest BCUT2D eigenvalue weighted by molar-refractivity contribution is 8.00. The van der Waals surface area contributed by atoms with Crippen LogP contribution in [0, 0.1) is 0 Å². The SMILES string of the molecule is CCOC(=O)CN(C(=O)CSc1ccc(Cl)cc1)C1CC1. The summed E-state index contributed by atoms with van der Waals surface area (Å²) in [5, 5.41) is 0.674. The summed E-state index contributed by atoms with van der Waals surface area (Å²) >= 11 is 7.28. The number of ether oxygens (including phenoxy) is 1. The van der Waals surface area contributed by atoms with Gasteiger partial charge in [-0.15, -0.1) is 11.8 Å². The molecule has 4 nitrogen and oxygen atoms in total. The maximum atomic E-state index is 12.3. The summed E-state index contributed by atoms with van der Waals surface area (Å²) in [6, 6.07) is 7.56. The Hall–Kier alpha value is -1.20.